The first-order chi connectivity index (χ1) is 10.6. The van der Waals surface area contributed by atoms with E-state index in [4.69, 9.17) is 9.47 Å². The first kappa shape index (κ1) is 14.8. The van der Waals surface area contributed by atoms with E-state index in [1.165, 1.54) is 0 Å². The fourth-order valence-electron chi connectivity index (χ4n) is 2.54. The molecular formula is C17H14BrNO3. The number of halogens is 1. The summed E-state index contributed by atoms with van der Waals surface area (Å²) in [5, 5.41) is 0. The van der Waals surface area contributed by atoms with E-state index < -0.39 is 0 Å². The molecule has 2 aromatic rings. The third kappa shape index (κ3) is 2.52. The molecule has 0 amide bonds. The molecule has 0 radical (unpaired) electrons. The Morgan fingerprint density at radius 2 is 1.95 bits per heavy atom. The van der Waals surface area contributed by atoms with Crippen molar-refractivity contribution in [2.24, 2.45) is 0 Å². The smallest absolute Gasteiger partial charge is 0.189 e. The fraction of sp³-hybridized carbons (Fsp3) is 0.176. The van der Waals surface area contributed by atoms with Gasteiger partial charge in [-0.3, -0.25) is 9.78 Å². The molecule has 0 saturated carbocycles. The van der Waals surface area contributed by atoms with Gasteiger partial charge in [0.1, 0.15) is 0 Å². The number of carbonyl (C=O) groups is 1. The van der Waals surface area contributed by atoms with Gasteiger partial charge in [-0.2, -0.15) is 0 Å². The van der Waals surface area contributed by atoms with E-state index in [-0.39, 0.29) is 5.78 Å². The summed E-state index contributed by atoms with van der Waals surface area (Å²) in [6, 6.07) is 5.49. The molecular weight excluding hydrogens is 346 g/mol. The van der Waals surface area contributed by atoms with Gasteiger partial charge >= 0.3 is 0 Å². The van der Waals surface area contributed by atoms with E-state index in [1.807, 2.05) is 18.2 Å². The summed E-state index contributed by atoms with van der Waals surface area (Å²) in [6.45, 7) is 0. The maximum Gasteiger partial charge on any atom is 0.189 e. The molecule has 1 aromatic heterocycles. The van der Waals surface area contributed by atoms with Crippen LogP contribution in [0.1, 0.15) is 21.5 Å². The zero-order valence-corrected chi connectivity index (χ0v) is 13.8. The molecule has 1 aliphatic carbocycles. The Kier molecular flexibility index (Phi) is 3.98. The molecule has 1 heterocycles. The minimum atomic E-state index is 0.0275. The molecule has 0 saturated heterocycles. The van der Waals surface area contributed by atoms with Gasteiger partial charge in [-0.05, 0) is 51.3 Å². The highest BCUT2D eigenvalue weighted by Gasteiger charge is 2.27. The quantitative estimate of drug-likeness (QED) is 0.784. The summed E-state index contributed by atoms with van der Waals surface area (Å²) in [7, 11) is 3.15. The average Bonchev–Trinajstić information content (AvgIpc) is 2.84. The Morgan fingerprint density at radius 1 is 1.23 bits per heavy atom. The van der Waals surface area contributed by atoms with Gasteiger partial charge in [0.15, 0.2) is 17.3 Å². The van der Waals surface area contributed by atoms with Crippen molar-refractivity contribution in [3.63, 3.8) is 0 Å². The highest BCUT2D eigenvalue weighted by Crippen LogP contribution is 2.37. The second-order valence-electron chi connectivity index (χ2n) is 4.94. The number of methoxy groups -OCH3 is 2. The zero-order valence-electron chi connectivity index (χ0n) is 12.2. The van der Waals surface area contributed by atoms with E-state index in [0.717, 1.165) is 21.2 Å². The Hall–Kier alpha value is -2.14. The van der Waals surface area contributed by atoms with Gasteiger partial charge in [-0.15, -0.1) is 0 Å². The average molecular weight is 360 g/mol. The van der Waals surface area contributed by atoms with Crippen LogP contribution in [0.5, 0.6) is 11.5 Å². The molecule has 0 fully saturated rings. The monoisotopic (exact) mass is 359 g/mol. The Labute approximate surface area is 136 Å². The molecule has 0 unspecified atom stereocenters. The number of pyridine rings is 1. The van der Waals surface area contributed by atoms with Gasteiger partial charge < -0.3 is 9.47 Å². The third-order valence-corrected chi connectivity index (χ3v) is 4.32. The van der Waals surface area contributed by atoms with Crippen molar-refractivity contribution in [1.29, 1.82) is 0 Å². The first-order valence-corrected chi connectivity index (χ1v) is 7.53. The van der Waals surface area contributed by atoms with Crippen LogP contribution in [0.2, 0.25) is 0 Å². The van der Waals surface area contributed by atoms with Crippen molar-refractivity contribution in [3.05, 3.63) is 57.3 Å². The normalized spacial score (nSPS) is 15.0. The lowest BCUT2D eigenvalue weighted by atomic mass is 10.1. The molecule has 1 aromatic carbocycles. The molecule has 22 heavy (non-hydrogen) atoms. The number of ether oxygens (including phenoxy) is 2. The van der Waals surface area contributed by atoms with E-state index in [0.29, 0.717) is 23.5 Å². The number of Topliss-reactive ketones (excluding diaryl/α,β-unsaturated/α-hetero) is 1. The Bertz CT molecular complexity index is 783. The third-order valence-electron chi connectivity index (χ3n) is 3.66. The van der Waals surface area contributed by atoms with Crippen LogP contribution >= 0.6 is 15.9 Å². The molecule has 0 aliphatic heterocycles. The molecule has 0 N–H and O–H groups in total. The number of hydrogen-bond acceptors (Lipinski definition) is 4. The maximum absolute atomic E-state index is 12.6. The van der Waals surface area contributed by atoms with Gasteiger partial charge in [0.25, 0.3) is 0 Å². The Balaban J connectivity index is 2.03. The van der Waals surface area contributed by atoms with Crippen LogP contribution in [0.15, 0.2) is 40.6 Å². The number of carbonyl (C=O) groups excluding carboxylic acids is 1. The van der Waals surface area contributed by atoms with Crippen LogP contribution in [0.25, 0.3) is 6.08 Å². The number of benzene rings is 1. The summed E-state index contributed by atoms with van der Waals surface area (Å²) in [5.74, 6) is 1.24. The number of nitrogens with zero attached hydrogens (tertiary/aromatic N) is 1. The summed E-state index contributed by atoms with van der Waals surface area (Å²) >= 11 is 3.45. The molecule has 0 bridgehead atoms. The largest absolute Gasteiger partial charge is 0.493 e. The van der Waals surface area contributed by atoms with Gasteiger partial charge in [0.2, 0.25) is 0 Å². The molecule has 3 rings (SSSR count). The SMILES string of the molecule is COc1cc2c(cc1OC)C(=O)C(=Cc1ccncc1Br)C2. The van der Waals surface area contributed by atoms with Gasteiger partial charge in [-0.25, -0.2) is 0 Å². The summed E-state index contributed by atoms with van der Waals surface area (Å²) in [5.41, 5.74) is 3.32. The van der Waals surface area contributed by atoms with Gasteiger partial charge in [0, 0.05) is 34.4 Å². The molecule has 112 valence electrons. The maximum atomic E-state index is 12.6. The molecule has 0 atom stereocenters. The van der Waals surface area contributed by atoms with Crippen LogP contribution < -0.4 is 9.47 Å². The van der Waals surface area contributed by atoms with Crippen LogP contribution in [0.3, 0.4) is 0 Å². The number of fused-ring (bicyclic) bond motifs is 1. The fourth-order valence-corrected chi connectivity index (χ4v) is 2.91. The lowest BCUT2D eigenvalue weighted by Gasteiger charge is -2.08. The minimum Gasteiger partial charge on any atom is -0.493 e. The van der Waals surface area contributed by atoms with Crippen molar-refractivity contribution in [2.75, 3.05) is 14.2 Å². The molecule has 5 heteroatoms. The Morgan fingerprint density at radius 3 is 2.64 bits per heavy atom. The number of allylic oxidation sites excluding steroid dienone is 1. The van der Waals surface area contributed by atoms with Gasteiger partial charge in [-0.1, -0.05) is 0 Å². The predicted octanol–water partition coefficient (Wildman–Crippen LogP) is 3.68. The second-order valence-corrected chi connectivity index (χ2v) is 5.79. The number of hydrogen-bond donors (Lipinski definition) is 0. The lowest BCUT2D eigenvalue weighted by Crippen LogP contribution is -1.97. The summed E-state index contributed by atoms with van der Waals surface area (Å²) < 4.78 is 11.4. The lowest BCUT2D eigenvalue weighted by molar-refractivity contribution is 0.104. The standard InChI is InChI=1S/C17H14BrNO3/c1-21-15-7-11-6-12(5-10-3-4-19-9-14(10)18)17(20)13(11)8-16(15)22-2/h3-5,7-9H,6H2,1-2H3. The highest BCUT2D eigenvalue weighted by molar-refractivity contribution is 9.10. The van der Waals surface area contributed by atoms with E-state index in [1.54, 1.807) is 32.7 Å². The predicted molar refractivity (Wildman–Crippen MR) is 87.5 cm³/mol. The van der Waals surface area contributed by atoms with Crippen LogP contribution in [0.4, 0.5) is 0 Å². The number of ketones is 1. The van der Waals surface area contributed by atoms with Crippen molar-refractivity contribution in [3.8, 4) is 11.5 Å². The van der Waals surface area contributed by atoms with Crippen molar-refractivity contribution >= 4 is 27.8 Å². The number of rotatable bonds is 3. The van der Waals surface area contributed by atoms with E-state index in [2.05, 4.69) is 20.9 Å². The molecule has 4 nitrogen and oxygen atoms in total. The van der Waals surface area contributed by atoms with Crippen molar-refractivity contribution < 1.29 is 14.3 Å². The number of aromatic nitrogens is 1. The van der Waals surface area contributed by atoms with Crippen LogP contribution in [-0.2, 0) is 6.42 Å². The van der Waals surface area contributed by atoms with E-state index >= 15 is 0 Å². The van der Waals surface area contributed by atoms with Crippen molar-refractivity contribution in [2.45, 2.75) is 6.42 Å². The summed E-state index contributed by atoms with van der Waals surface area (Å²) in [6.07, 6.45) is 5.90. The van der Waals surface area contributed by atoms with Crippen LogP contribution in [0, 0.1) is 0 Å². The minimum absolute atomic E-state index is 0.0275. The second kappa shape index (κ2) is 5.93. The highest BCUT2D eigenvalue weighted by atomic mass is 79.9. The van der Waals surface area contributed by atoms with Gasteiger partial charge in [0.05, 0.1) is 14.2 Å². The zero-order chi connectivity index (χ0) is 15.7. The van der Waals surface area contributed by atoms with Crippen LogP contribution in [-0.4, -0.2) is 25.0 Å². The van der Waals surface area contributed by atoms with Crippen molar-refractivity contribution in [1.82, 2.24) is 4.98 Å². The first-order valence-electron chi connectivity index (χ1n) is 6.73. The molecule has 1 aliphatic rings. The molecule has 0 spiro atoms. The van der Waals surface area contributed by atoms with E-state index in [9.17, 15) is 4.79 Å². The summed E-state index contributed by atoms with van der Waals surface area (Å²) in [4.78, 5) is 16.6. The topological polar surface area (TPSA) is 48.4 Å².